The van der Waals surface area contributed by atoms with Gasteiger partial charge in [0.1, 0.15) is 6.54 Å². The Morgan fingerprint density at radius 3 is 1.46 bits per heavy atom. The molecule has 0 aliphatic heterocycles. The van der Waals surface area contributed by atoms with Gasteiger partial charge in [-0.3, -0.25) is 0 Å². The van der Waals surface area contributed by atoms with Crippen molar-refractivity contribution in [2.75, 3.05) is 39.5 Å². The molecular weight excluding hydrogens is 630 g/mol. The van der Waals surface area contributed by atoms with E-state index in [-0.39, 0.29) is 24.0 Å². The highest BCUT2D eigenvalue weighted by Gasteiger charge is 2.75. The molecule has 6 nitrogen and oxygen atoms in total. The van der Waals surface area contributed by atoms with Gasteiger partial charge in [-0.25, -0.2) is 21.9 Å². The van der Waals surface area contributed by atoms with E-state index in [0.29, 0.717) is 0 Å². The van der Waals surface area contributed by atoms with Gasteiger partial charge in [-0.2, -0.15) is 52.7 Å². The number of halogens is 14. The third-order valence-corrected chi connectivity index (χ3v) is 7.50. The molecule has 1 N–H and O–H groups in total. The molecule has 0 heterocycles. The van der Waals surface area contributed by atoms with Gasteiger partial charge in [0.25, 0.3) is 11.3 Å². The van der Waals surface area contributed by atoms with Gasteiger partial charge in [-0.1, -0.05) is 12.8 Å². The summed E-state index contributed by atoms with van der Waals surface area (Å²) in [5.74, 6) is -5.48. The van der Waals surface area contributed by atoms with E-state index in [1.807, 2.05) is 4.72 Å². The van der Waals surface area contributed by atoms with Crippen molar-refractivity contribution >= 4 is 16.0 Å². The van der Waals surface area contributed by atoms with Crippen LogP contribution in [0.25, 0.3) is 0 Å². The smallest absolute Gasteiger partial charge is 0.431 e. The minimum atomic E-state index is -6.85. The van der Waals surface area contributed by atoms with Crippen molar-refractivity contribution < 1.29 is 84.3 Å². The molecular formula is C20H28F14N2O4S. The van der Waals surface area contributed by atoms with Crippen LogP contribution < -0.4 is 9.83 Å². The van der Waals surface area contributed by atoms with Crippen LogP contribution in [0.2, 0.25) is 0 Å². The summed E-state index contributed by atoms with van der Waals surface area (Å²) < 4.78 is 210. The highest BCUT2D eigenvalue weighted by atomic mass is 32.2. The number of aliphatic carboxylic acids is 1. The largest absolute Gasteiger partial charge is 0.544 e. The molecule has 246 valence electrons. The lowest BCUT2D eigenvalue weighted by Crippen LogP contribution is -2.57. The number of carboxylic acids is 1. The maximum absolute atomic E-state index is 14.2. The number of alkyl halides is 14. The van der Waals surface area contributed by atoms with E-state index in [9.17, 15) is 79.8 Å². The molecule has 0 fully saturated rings. The Kier molecular flexibility index (Phi) is 12.8. The molecule has 21 heteroatoms. The number of hydrogen-bond acceptors (Lipinski definition) is 4. The molecule has 0 radical (unpaired) electrons. The zero-order chi connectivity index (χ0) is 32.9. The van der Waals surface area contributed by atoms with E-state index in [2.05, 4.69) is 0 Å². The van der Waals surface area contributed by atoms with Crippen molar-refractivity contribution in [3.8, 4) is 0 Å². The van der Waals surface area contributed by atoms with Crippen LogP contribution in [0, 0.1) is 5.92 Å². The maximum Gasteiger partial charge on any atom is 0.431 e. The van der Waals surface area contributed by atoms with Gasteiger partial charge in [0, 0.05) is 25.8 Å². The van der Waals surface area contributed by atoms with E-state index in [1.165, 1.54) is 14.1 Å². The number of nitrogens with zero attached hydrogens (tertiary/aromatic N) is 1. The van der Waals surface area contributed by atoms with Crippen molar-refractivity contribution in [1.82, 2.24) is 4.72 Å². The molecule has 0 aliphatic rings. The van der Waals surface area contributed by atoms with E-state index >= 15 is 0 Å². The number of rotatable bonds is 16. The number of quaternary nitrogens is 1. The standard InChI is InChI=1S/C20H28F14N2O4S/c1-36(2,12-14(37)38)8-5-7-35-41(39,40)9-4-3-6-13(10-15(21,17(23,24)25)18(26,27)28)11-16(22,19(29,30)31)20(32,33)34/h13,35H,3-12H2,1-2H3. The quantitative estimate of drug-likeness (QED) is 0.152. The fraction of sp³-hybridized carbons (Fsp3) is 0.950. The number of carboxylic acid groups (broad SMARTS) is 1. The summed E-state index contributed by atoms with van der Waals surface area (Å²) >= 11 is 0. The number of carbonyl (C=O) groups excluding carboxylic acids is 1. The van der Waals surface area contributed by atoms with Crippen molar-refractivity contribution in [1.29, 1.82) is 0 Å². The van der Waals surface area contributed by atoms with Gasteiger partial charge in [-0.15, -0.1) is 0 Å². The Labute approximate surface area is 225 Å². The third-order valence-electron chi connectivity index (χ3n) is 6.03. The van der Waals surface area contributed by atoms with E-state index in [0.717, 1.165) is 0 Å². The van der Waals surface area contributed by atoms with Gasteiger partial charge in [0.2, 0.25) is 10.0 Å². The highest BCUT2D eigenvalue weighted by molar-refractivity contribution is 7.89. The third kappa shape index (κ3) is 11.5. The van der Waals surface area contributed by atoms with E-state index in [1.54, 1.807) is 0 Å². The van der Waals surface area contributed by atoms with Crippen molar-refractivity contribution in [2.24, 2.45) is 5.92 Å². The number of hydrogen-bond donors (Lipinski definition) is 1. The van der Waals surface area contributed by atoms with Crippen molar-refractivity contribution in [3.63, 3.8) is 0 Å². The second-order valence-corrected chi connectivity index (χ2v) is 12.0. The molecule has 0 unspecified atom stereocenters. The Hall–Kier alpha value is -1.64. The summed E-state index contributed by atoms with van der Waals surface area (Å²) in [5, 5.41) is 10.6. The predicted octanol–water partition coefficient (Wildman–Crippen LogP) is 4.35. The molecule has 0 saturated carbocycles. The summed E-state index contributed by atoms with van der Waals surface area (Å²) in [6.45, 7) is -0.562. The van der Waals surface area contributed by atoms with Crippen LogP contribution in [-0.2, 0) is 14.8 Å². The molecule has 0 atom stereocenters. The Bertz CT molecular complexity index is 891. The summed E-state index contributed by atoms with van der Waals surface area (Å²) in [4.78, 5) is 10.6. The van der Waals surface area contributed by atoms with Crippen LogP contribution in [0.3, 0.4) is 0 Å². The Morgan fingerprint density at radius 1 is 0.732 bits per heavy atom. The summed E-state index contributed by atoms with van der Waals surface area (Å²) in [5.41, 5.74) is -12.6. The first kappa shape index (κ1) is 39.4. The van der Waals surface area contributed by atoms with Crippen LogP contribution in [0.1, 0.15) is 38.5 Å². The van der Waals surface area contributed by atoms with Crippen LogP contribution in [0.15, 0.2) is 0 Å². The first-order valence-electron chi connectivity index (χ1n) is 11.5. The average molecular weight is 658 g/mol. The highest BCUT2D eigenvalue weighted by Crippen LogP contribution is 2.55. The van der Waals surface area contributed by atoms with Crippen molar-refractivity contribution in [3.05, 3.63) is 0 Å². The minimum absolute atomic E-state index is 0.0719. The van der Waals surface area contributed by atoms with Crippen LogP contribution >= 0.6 is 0 Å². The van der Waals surface area contributed by atoms with Crippen molar-refractivity contribution in [2.45, 2.75) is 74.6 Å². The molecule has 0 spiro atoms. The first-order valence-corrected chi connectivity index (χ1v) is 13.2. The molecule has 0 aromatic heterocycles. The monoisotopic (exact) mass is 658 g/mol. The number of unbranched alkanes of at least 4 members (excludes halogenated alkanes) is 1. The van der Waals surface area contributed by atoms with E-state index < -0.39 is 102 Å². The Morgan fingerprint density at radius 2 is 1.12 bits per heavy atom. The zero-order valence-electron chi connectivity index (χ0n) is 21.4. The lowest BCUT2D eigenvalue weighted by Gasteiger charge is -2.37. The Balaban J connectivity index is 5.64. The van der Waals surface area contributed by atoms with Gasteiger partial charge < -0.3 is 14.4 Å². The van der Waals surface area contributed by atoms with E-state index in [4.69, 9.17) is 0 Å². The fourth-order valence-electron chi connectivity index (χ4n) is 3.82. The number of sulfonamides is 1. The number of likely N-dealkylation sites (N-methyl/N-ethyl adjacent to an activating group) is 1. The minimum Gasteiger partial charge on any atom is -0.544 e. The van der Waals surface area contributed by atoms with Gasteiger partial charge >= 0.3 is 24.7 Å². The lowest BCUT2D eigenvalue weighted by atomic mass is 9.80. The summed E-state index contributed by atoms with van der Waals surface area (Å²) in [6.07, 6.45) is -36.5. The second kappa shape index (κ2) is 13.3. The molecule has 0 aromatic rings. The molecule has 0 bridgehead atoms. The summed E-state index contributed by atoms with van der Waals surface area (Å²) in [6, 6.07) is 0. The zero-order valence-corrected chi connectivity index (χ0v) is 22.2. The molecule has 0 rings (SSSR count). The number of nitrogens with one attached hydrogen (secondary N) is 1. The fourth-order valence-corrected chi connectivity index (χ4v) is 5.00. The molecule has 41 heavy (non-hydrogen) atoms. The van der Waals surface area contributed by atoms with Gasteiger partial charge in [0.15, 0.2) is 0 Å². The van der Waals surface area contributed by atoms with Crippen LogP contribution in [0.5, 0.6) is 0 Å². The SMILES string of the molecule is C[N+](C)(CCCNS(=O)(=O)CCCCC(CC(F)(C(F)(F)F)C(F)(F)F)CC(F)(C(F)(F)F)C(F)(F)F)CC(=O)[O-]. The van der Waals surface area contributed by atoms with Gasteiger partial charge in [-0.05, 0) is 12.3 Å². The van der Waals surface area contributed by atoms with Crippen LogP contribution in [-0.4, -0.2) is 94.4 Å². The number of carbonyl (C=O) groups is 1. The first-order chi connectivity index (χ1) is 17.9. The topological polar surface area (TPSA) is 86.3 Å². The second-order valence-electron chi connectivity index (χ2n) is 10.1. The molecule has 0 aliphatic carbocycles. The average Bonchev–Trinajstić information content (AvgIpc) is 2.70. The maximum atomic E-state index is 14.2. The van der Waals surface area contributed by atoms with Gasteiger partial charge in [0.05, 0.1) is 32.4 Å². The lowest BCUT2D eigenvalue weighted by molar-refractivity contribution is -0.884. The molecule has 0 aromatic carbocycles. The predicted molar refractivity (Wildman–Crippen MR) is 112 cm³/mol. The van der Waals surface area contributed by atoms with Crippen LogP contribution in [0.4, 0.5) is 61.5 Å². The normalized spacial score (nSPS) is 15.0. The molecule has 0 saturated heterocycles. The molecule has 0 amide bonds. The summed E-state index contributed by atoms with van der Waals surface area (Å²) in [7, 11) is -1.28.